The zero-order valence-electron chi connectivity index (χ0n) is 15.9. The van der Waals surface area contributed by atoms with E-state index in [-0.39, 0.29) is 30.7 Å². The molecule has 0 atom stereocenters. The molecule has 1 fully saturated rings. The predicted octanol–water partition coefficient (Wildman–Crippen LogP) is 2.18. The first-order chi connectivity index (χ1) is 12.1. The second kappa shape index (κ2) is 10.7. The fraction of sp³-hybridized carbons (Fsp3) is 0.474. The van der Waals surface area contributed by atoms with Crippen LogP contribution in [0.25, 0.3) is 0 Å². The van der Waals surface area contributed by atoms with Gasteiger partial charge < -0.3 is 15.5 Å². The van der Waals surface area contributed by atoms with E-state index < -0.39 is 5.54 Å². The van der Waals surface area contributed by atoms with E-state index >= 15 is 0 Å². The molecule has 0 radical (unpaired) electrons. The Labute approximate surface area is 173 Å². The van der Waals surface area contributed by atoms with Crippen molar-refractivity contribution in [2.24, 2.45) is 0 Å². The molecule has 2 aromatic rings. The van der Waals surface area contributed by atoms with Crippen LogP contribution in [0.1, 0.15) is 24.0 Å². The lowest BCUT2D eigenvalue weighted by Gasteiger charge is -2.36. The van der Waals surface area contributed by atoms with E-state index in [2.05, 4.69) is 52.9 Å². The van der Waals surface area contributed by atoms with Crippen molar-refractivity contribution in [2.75, 3.05) is 27.2 Å². The van der Waals surface area contributed by atoms with Gasteiger partial charge in [-0.1, -0.05) is 24.3 Å². The normalized spacial score (nSPS) is 15.5. The molecule has 1 aliphatic rings. The summed E-state index contributed by atoms with van der Waals surface area (Å²) in [6, 6.07) is 10.3. The first kappa shape index (κ1) is 23.4. The average molecular weight is 414 g/mol. The Bertz CT molecular complexity index is 700. The van der Waals surface area contributed by atoms with Crippen LogP contribution in [0.2, 0.25) is 0 Å². The van der Waals surface area contributed by atoms with Crippen molar-refractivity contribution in [1.82, 2.24) is 25.3 Å². The van der Waals surface area contributed by atoms with Crippen molar-refractivity contribution in [3.63, 3.8) is 0 Å². The second-order valence-corrected chi connectivity index (χ2v) is 6.97. The molecule has 8 heteroatoms. The summed E-state index contributed by atoms with van der Waals surface area (Å²) in [6.45, 7) is 3.08. The Morgan fingerprint density at radius 1 is 1.22 bits per heavy atom. The van der Waals surface area contributed by atoms with Gasteiger partial charge in [0.25, 0.3) is 0 Å². The molecule has 1 aromatic heterocycles. The van der Waals surface area contributed by atoms with Crippen molar-refractivity contribution >= 4 is 30.7 Å². The summed E-state index contributed by atoms with van der Waals surface area (Å²) < 4.78 is 1.83. The third-order valence-corrected chi connectivity index (χ3v) is 4.74. The maximum atomic E-state index is 13.0. The van der Waals surface area contributed by atoms with Gasteiger partial charge in [-0.15, -0.1) is 24.8 Å². The number of carbonyl (C=O) groups is 1. The minimum Gasteiger partial charge on any atom is -0.350 e. The van der Waals surface area contributed by atoms with Crippen molar-refractivity contribution in [1.29, 1.82) is 0 Å². The number of aromatic nitrogens is 2. The topological polar surface area (TPSA) is 62.2 Å². The number of carbonyl (C=O) groups excluding carboxylic acids is 1. The summed E-state index contributed by atoms with van der Waals surface area (Å²) in [7, 11) is 4.11. The smallest absolute Gasteiger partial charge is 0.248 e. The summed E-state index contributed by atoms with van der Waals surface area (Å²) in [6.07, 6.45) is 5.13. The van der Waals surface area contributed by atoms with Crippen molar-refractivity contribution in [3.05, 3.63) is 53.9 Å². The largest absolute Gasteiger partial charge is 0.350 e. The lowest BCUT2D eigenvalue weighted by atomic mass is 9.87. The van der Waals surface area contributed by atoms with Crippen LogP contribution >= 0.6 is 24.8 Å². The van der Waals surface area contributed by atoms with Crippen LogP contribution in [0, 0.1) is 0 Å². The first-order valence-electron chi connectivity index (χ1n) is 8.82. The van der Waals surface area contributed by atoms with Crippen LogP contribution in [-0.4, -0.2) is 47.8 Å². The Hall–Kier alpha value is -1.60. The molecular weight excluding hydrogens is 385 g/mol. The number of halogens is 2. The Balaban J connectivity index is 0.00000182. The first-order valence-corrected chi connectivity index (χ1v) is 8.82. The molecule has 2 heterocycles. The molecule has 0 unspecified atom stereocenters. The molecule has 0 bridgehead atoms. The molecule has 150 valence electrons. The number of nitrogens with zero attached hydrogens (tertiary/aromatic N) is 3. The summed E-state index contributed by atoms with van der Waals surface area (Å²) in [5.74, 6) is 0.0516. The standard InChI is InChI=1S/C19H27N5O.2ClH/c1-23(2)15-17-6-3-5-16(13-17)14-21-18(25)19(7-10-20-11-8-19)24-12-4-9-22-24;;/h3-6,9,12-13,20H,7-8,10-11,14-15H2,1-2H3,(H,21,25);2*1H. The molecule has 2 N–H and O–H groups in total. The maximum absolute atomic E-state index is 13.0. The highest BCUT2D eigenvalue weighted by Crippen LogP contribution is 2.27. The van der Waals surface area contributed by atoms with Crippen molar-refractivity contribution < 1.29 is 4.79 Å². The fourth-order valence-corrected chi connectivity index (χ4v) is 3.47. The molecule has 3 rings (SSSR count). The van der Waals surface area contributed by atoms with Gasteiger partial charge in [0.05, 0.1) is 0 Å². The van der Waals surface area contributed by atoms with Crippen LogP contribution in [-0.2, 0) is 23.4 Å². The Kier molecular flexibility index (Phi) is 9.26. The minimum absolute atomic E-state index is 0. The number of piperidine rings is 1. The van der Waals surface area contributed by atoms with E-state index in [1.165, 1.54) is 5.56 Å². The lowest BCUT2D eigenvalue weighted by molar-refractivity contribution is -0.132. The molecule has 0 aliphatic carbocycles. The predicted molar refractivity (Wildman–Crippen MR) is 112 cm³/mol. The van der Waals surface area contributed by atoms with Crippen molar-refractivity contribution in [3.8, 4) is 0 Å². The van der Waals surface area contributed by atoms with E-state index in [1.54, 1.807) is 6.20 Å². The van der Waals surface area contributed by atoms with Crippen LogP contribution in [0.5, 0.6) is 0 Å². The van der Waals surface area contributed by atoms with Crippen LogP contribution in [0.4, 0.5) is 0 Å². The molecule has 0 saturated carbocycles. The number of nitrogens with one attached hydrogen (secondary N) is 2. The monoisotopic (exact) mass is 413 g/mol. The third-order valence-electron chi connectivity index (χ3n) is 4.74. The number of benzene rings is 1. The fourth-order valence-electron chi connectivity index (χ4n) is 3.47. The average Bonchev–Trinajstić information content (AvgIpc) is 3.15. The van der Waals surface area contributed by atoms with Gasteiger partial charge in [0.2, 0.25) is 5.91 Å². The van der Waals surface area contributed by atoms with Crippen LogP contribution < -0.4 is 10.6 Å². The number of rotatable bonds is 6. The lowest BCUT2D eigenvalue weighted by Crippen LogP contribution is -2.54. The highest BCUT2D eigenvalue weighted by Gasteiger charge is 2.41. The van der Waals surface area contributed by atoms with Gasteiger partial charge >= 0.3 is 0 Å². The van der Waals surface area contributed by atoms with Gasteiger partial charge in [-0.05, 0) is 57.2 Å². The third kappa shape index (κ3) is 5.69. The van der Waals surface area contributed by atoms with Gasteiger partial charge in [0.1, 0.15) is 5.54 Å². The van der Waals surface area contributed by atoms with E-state index in [0.717, 1.165) is 38.0 Å². The van der Waals surface area contributed by atoms with Gasteiger partial charge in [-0.3, -0.25) is 9.48 Å². The van der Waals surface area contributed by atoms with E-state index in [0.29, 0.717) is 6.54 Å². The van der Waals surface area contributed by atoms with E-state index in [9.17, 15) is 4.79 Å². The Morgan fingerprint density at radius 2 is 1.93 bits per heavy atom. The zero-order chi connectivity index (χ0) is 17.7. The summed E-state index contributed by atoms with van der Waals surface area (Å²) in [5.41, 5.74) is 1.79. The van der Waals surface area contributed by atoms with Gasteiger partial charge in [-0.25, -0.2) is 0 Å². The number of hydrogen-bond acceptors (Lipinski definition) is 4. The SMILES string of the molecule is CN(C)Cc1cccc(CNC(=O)C2(n3cccn3)CCNCC2)c1.Cl.Cl. The highest BCUT2D eigenvalue weighted by atomic mass is 35.5. The molecular formula is C19H29Cl2N5O. The quantitative estimate of drug-likeness (QED) is 0.761. The van der Waals surface area contributed by atoms with Gasteiger partial charge in [0.15, 0.2) is 0 Å². The molecule has 0 spiro atoms. The Morgan fingerprint density at radius 3 is 2.56 bits per heavy atom. The molecule has 1 amide bonds. The maximum Gasteiger partial charge on any atom is 0.248 e. The molecule has 27 heavy (non-hydrogen) atoms. The van der Waals surface area contributed by atoms with Crippen molar-refractivity contribution in [2.45, 2.75) is 31.5 Å². The number of hydrogen-bond donors (Lipinski definition) is 2. The summed E-state index contributed by atoms with van der Waals surface area (Å²) >= 11 is 0. The molecule has 6 nitrogen and oxygen atoms in total. The molecule has 1 saturated heterocycles. The summed E-state index contributed by atoms with van der Waals surface area (Å²) in [5, 5.41) is 10.8. The molecule has 1 aliphatic heterocycles. The van der Waals surface area contributed by atoms with Gasteiger partial charge in [0, 0.05) is 25.5 Å². The van der Waals surface area contributed by atoms with E-state index in [4.69, 9.17) is 0 Å². The van der Waals surface area contributed by atoms with E-state index in [1.807, 2.05) is 23.0 Å². The number of amides is 1. The summed E-state index contributed by atoms with van der Waals surface area (Å²) in [4.78, 5) is 15.2. The zero-order valence-corrected chi connectivity index (χ0v) is 17.5. The minimum atomic E-state index is -0.587. The van der Waals surface area contributed by atoms with Crippen LogP contribution in [0.15, 0.2) is 42.7 Å². The van der Waals surface area contributed by atoms with Crippen LogP contribution in [0.3, 0.4) is 0 Å². The molecule has 1 aromatic carbocycles. The second-order valence-electron chi connectivity index (χ2n) is 6.97. The van der Waals surface area contributed by atoms with Gasteiger partial charge in [-0.2, -0.15) is 5.10 Å². The highest BCUT2D eigenvalue weighted by molar-refractivity contribution is 5.85.